The minimum atomic E-state index is 0.122. The first-order valence-electron chi connectivity index (χ1n) is 5.43. The van der Waals surface area contributed by atoms with Crippen molar-refractivity contribution in [3.8, 4) is 0 Å². The van der Waals surface area contributed by atoms with Crippen molar-refractivity contribution in [2.75, 3.05) is 12.4 Å². The predicted molar refractivity (Wildman–Crippen MR) is 75.1 cm³/mol. The minimum Gasteiger partial charge on any atom is -0.388 e. The molecule has 0 fully saturated rings. The van der Waals surface area contributed by atoms with E-state index in [9.17, 15) is 4.79 Å². The summed E-state index contributed by atoms with van der Waals surface area (Å²) in [5.41, 5.74) is 1.15. The predicted octanol–water partition coefficient (Wildman–Crippen LogP) is 3.46. The maximum absolute atomic E-state index is 12.3. The van der Waals surface area contributed by atoms with Crippen LogP contribution in [0.5, 0.6) is 0 Å². The third kappa shape index (κ3) is 1.59. The van der Waals surface area contributed by atoms with Crippen LogP contribution in [0.4, 0.5) is 5.69 Å². The molecule has 2 aromatic carbocycles. The summed E-state index contributed by atoms with van der Waals surface area (Å²) in [4.78, 5) is 12.3. The molecule has 3 heteroatoms. The zero-order valence-corrected chi connectivity index (χ0v) is 10.2. The van der Waals surface area contributed by atoms with Crippen LogP contribution in [0.2, 0.25) is 0 Å². The lowest BCUT2D eigenvalue weighted by Crippen LogP contribution is -2.00. The van der Waals surface area contributed by atoms with Gasteiger partial charge in [-0.15, -0.1) is 11.3 Å². The van der Waals surface area contributed by atoms with Gasteiger partial charge in [0.2, 0.25) is 0 Å². The molecule has 3 rings (SSSR count). The van der Waals surface area contributed by atoms with Crippen LogP contribution in [-0.2, 0) is 0 Å². The van der Waals surface area contributed by atoms with Crippen molar-refractivity contribution in [3.63, 3.8) is 0 Å². The average Bonchev–Trinajstić information content (AvgIpc) is 2.38. The van der Waals surface area contributed by atoms with Gasteiger partial charge in [0.1, 0.15) is 0 Å². The van der Waals surface area contributed by atoms with E-state index in [4.69, 9.17) is 0 Å². The lowest BCUT2D eigenvalue weighted by Gasteiger charge is -2.03. The molecule has 0 amide bonds. The first-order chi connectivity index (χ1) is 8.29. The molecular formula is C14H11NOS. The largest absolute Gasteiger partial charge is 0.388 e. The fraction of sp³-hybridized carbons (Fsp3) is 0.0714. The van der Waals surface area contributed by atoms with E-state index in [0.717, 1.165) is 25.9 Å². The average molecular weight is 241 g/mol. The van der Waals surface area contributed by atoms with Gasteiger partial charge >= 0.3 is 0 Å². The number of benzene rings is 2. The fourth-order valence-electron chi connectivity index (χ4n) is 1.96. The molecule has 0 radical (unpaired) electrons. The first kappa shape index (κ1) is 10.3. The van der Waals surface area contributed by atoms with E-state index in [2.05, 4.69) is 5.32 Å². The summed E-state index contributed by atoms with van der Waals surface area (Å²) in [5.74, 6) is 0. The van der Waals surface area contributed by atoms with Gasteiger partial charge in [-0.05, 0) is 30.3 Å². The van der Waals surface area contributed by atoms with Crippen LogP contribution in [0.15, 0.2) is 47.3 Å². The molecule has 0 aliphatic heterocycles. The van der Waals surface area contributed by atoms with E-state index in [0.29, 0.717) is 0 Å². The number of nitrogens with one attached hydrogen (secondary N) is 1. The molecule has 1 heterocycles. The summed E-state index contributed by atoms with van der Waals surface area (Å²) in [6.45, 7) is 0. The van der Waals surface area contributed by atoms with Crippen LogP contribution in [0.3, 0.4) is 0 Å². The molecule has 84 valence electrons. The van der Waals surface area contributed by atoms with Crippen molar-refractivity contribution in [1.29, 1.82) is 0 Å². The lowest BCUT2D eigenvalue weighted by atomic mass is 10.2. The summed E-state index contributed by atoms with van der Waals surface area (Å²) in [5, 5.41) is 4.70. The SMILES string of the molecule is CNc1ccc2c(=O)c3ccccc3sc2c1. The van der Waals surface area contributed by atoms with Crippen molar-refractivity contribution in [3.05, 3.63) is 52.7 Å². The zero-order chi connectivity index (χ0) is 11.8. The summed E-state index contributed by atoms with van der Waals surface area (Å²) in [7, 11) is 1.88. The molecule has 0 spiro atoms. The van der Waals surface area contributed by atoms with Crippen molar-refractivity contribution >= 4 is 37.2 Å². The maximum atomic E-state index is 12.3. The van der Waals surface area contributed by atoms with Crippen LogP contribution in [0.25, 0.3) is 20.2 Å². The molecular weight excluding hydrogens is 230 g/mol. The van der Waals surface area contributed by atoms with Gasteiger partial charge in [0.25, 0.3) is 0 Å². The Bertz CT molecular complexity index is 761. The molecule has 0 bridgehead atoms. The minimum absolute atomic E-state index is 0.122. The molecule has 2 nitrogen and oxygen atoms in total. The Morgan fingerprint density at radius 3 is 2.59 bits per heavy atom. The lowest BCUT2D eigenvalue weighted by molar-refractivity contribution is 1.54. The van der Waals surface area contributed by atoms with E-state index in [1.807, 2.05) is 49.5 Å². The van der Waals surface area contributed by atoms with Gasteiger partial charge in [-0.3, -0.25) is 4.79 Å². The third-order valence-corrected chi connectivity index (χ3v) is 4.00. The summed E-state index contributed by atoms with van der Waals surface area (Å²) < 4.78 is 2.07. The maximum Gasteiger partial charge on any atom is 0.195 e. The quantitative estimate of drug-likeness (QED) is 0.661. The Labute approximate surface area is 103 Å². The molecule has 0 atom stereocenters. The Balaban J connectivity index is 2.50. The van der Waals surface area contributed by atoms with Crippen LogP contribution in [-0.4, -0.2) is 7.05 Å². The molecule has 0 aliphatic carbocycles. The number of anilines is 1. The molecule has 1 N–H and O–H groups in total. The molecule has 0 unspecified atom stereocenters. The van der Waals surface area contributed by atoms with Gasteiger partial charge < -0.3 is 5.32 Å². The van der Waals surface area contributed by atoms with Gasteiger partial charge in [0.05, 0.1) is 0 Å². The van der Waals surface area contributed by atoms with Gasteiger partial charge in [0, 0.05) is 32.9 Å². The number of hydrogen-bond acceptors (Lipinski definition) is 3. The highest BCUT2D eigenvalue weighted by atomic mass is 32.1. The van der Waals surface area contributed by atoms with Crippen molar-refractivity contribution in [2.24, 2.45) is 0 Å². The zero-order valence-electron chi connectivity index (χ0n) is 9.36. The standard InChI is InChI=1S/C14H11NOS/c1-15-9-6-7-11-13(8-9)17-12-5-3-2-4-10(12)14(11)16/h2-8,15H,1H3. The monoisotopic (exact) mass is 241 g/mol. The normalized spacial score (nSPS) is 10.9. The van der Waals surface area contributed by atoms with E-state index in [-0.39, 0.29) is 5.43 Å². The molecule has 3 aromatic rings. The molecule has 0 aliphatic rings. The third-order valence-electron chi connectivity index (χ3n) is 2.87. The summed E-state index contributed by atoms with van der Waals surface area (Å²) in [6, 6.07) is 13.6. The summed E-state index contributed by atoms with van der Waals surface area (Å²) in [6.07, 6.45) is 0. The fourth-order valence-corrected chi connectivity index (χ4v) is 3.07. The van der Waals surface area contributed by atoms with E-state index in [1.54, 1.807) is 11.3 Å². The smallest absolute Gasteiger partial charge is 0.195 e. The molecule has 0 saturated heterocycles. The number of rotatable bonds is 1. The number of hydrogen-bond donors (Lipinski definition) is 1. The topological polar surface area (TPSA) is 29.1 Å². The molecule has 17 heavy (non-hydrogen) atoms. The van der Waals surface area contributed by atoms with Gasteiger partial charge in [-0.2, -0.15) is 0 Å². The van der Waals surface area contributed by atoms with Crippen molar-refractivity contribution < 1.29 is 0 Å². The highest BCUT2D eigenvalue weighted by Crippen LogP contribution is 2.26. The van der Waals surface area contributed by atoms with Gasteiger partial charge in [-0.1, -0.05) is 12.1 Å². The second-order valence-corrected chi connectivity index (χ2v) is 4.97. The Kier molecular flexibility index (Phi) is 2.34. The van der Waals surface area contributed by atoms with Gasteiger partial charge in [0.15, 0.2) is 5.43 Å². The number of fused-ring (bicyclic) bond motifs is 2. The Morgan fingerprint density at radius 1 is 1.00 bits per heavy atom. The van der Waals surface area contributed by atoms with Crippen molar-refractivity contribution in [1.82, 2.24) is 0 Å². The van der Waals surface area contributed by atoms with E-state index >= 15 is 0 Å². The van der Waals surface area contributed by atoms with E-state index < -0.39 is 0 Å². The highest BCUT2D eigenvalue weighted by Gasteiger charge is 2.05. The first-order valence-corrected chi connectivity index (χ1v) is 6.24. The summed E-state index contributed by atoms with van der Waals surface area (Å²) >= 11 is 1.65. The molecule has 0 saturated carbocycles. The molecule has 1 aromatic heterocycles. The van der Waals surface area contributed by atoms with E-state index in [1.165, 1.54) is 0 Å². The van der Waals surface area contributed by atoms with Crippen molar-refractivity contribution in [2.45, 2.75) is 0 Å². The Hall–Kier alpha value is -1.87. The van der Waals surface area contributed by atoms with Crippen LogP contribution in [0.1, 0.15) is 0 Å². The second kappa shape index (κ2) is 3.86. The van der Waals surface area contributed by atoms with Crippen LogP contribution < -0.4 is 10.7 Å². The highest BCUT2D eigenvalue weighted by molar-refractivity contribution is 7.24. The second-order valence-electron chi connectivity index (χ2n) is 3.89. The van der Waals surface area contributed by atoms with Gasteiger partial charge in [-0.25, -0.2) is 0 Å². The van der Waals surface area contributed by atoms with Crippen LogP contribution in [0, 0.1) is 0 Å². The Morgan fingerprint density at radius 2 is 1.76 bits per heavy atom. The van der Waals surface area contributed by atoms with Crippen LogP contribution >= 0.6 is 11.3 Å².